The highest BCUT2D eigenvalue weighted by Crippen LogP contribution is 2.39. The fourth-order valence-corrected chi connectivity index (χ4v) is 3.42. The maximum Gasteiger partial charge on any atom is 0.417 e. The van der Waals surface area contributed by atoms with Crippen LogP contribution in [0.2, 0.25) is 0 Å². The van der Waals surface area contributed by atoms with Gasteiger partial charge in [0.15, 0.2) is 0 Å². The Morgan fingerprint density at radius 3 is 2.63 bits per heavy atom. The van der Waals surface area contributed by atoms with Crippen molar-refractivity contribution in [1.82, 2.24) is 4.37 Å². The van der Waals surface area contributed by atoms with Crippen LogP contribution < -0.4 is 20.5 Å². The van der Waals surface area contributed by atoms with Gasteiger partial charge in [-0.3, -0.25) is 10.1 Å². The highest BCUT2D eigenvalue weighted by Gasteiger charge is 2.43. The van der Waals surface area contributed by atoms with Crippen LogP contribution in [0.3, 0.4) is 0 Å². The van der Waals surface area contributed by atoms with E-state index >= 15 is 0 Å². The molecule has 2 aromatic rings. The number of nitrogens with two attached hydrogens (primary N) is 1. The molecule has 0 spiro atoms. The number of hydrogen-bond donors (Lipinski definition) is 2. The van der Waals surface area contributed by atoms with E-state index in [2.05, 4.69) is 9.69 Å². The van der Waals surface area contributed by atoms with Crippen LogP contribution in [0, 0.1) is 5.92 Å². The average Bonchev–Trinajstić information content (AvgIpc) is 3.03. The van der Waals surface area contributed by atoms with Gasteiger partial charge in [-0.25, -0.2) is 18.0 Å². The summed E-state index contributed by atoms with van der Waals surface area (Å²) < 4.78 is 56.2. The molecule has 0 bridgehead atoms. The van der Waals surface area contributed by atoms with Crippen LogP contribution in [0.4, 0.5) is 23.0 Å². The summed E-state index contributed by atoms with van der Waals surface area (Å²) in [4.78, 5) is 23.8. The molecule has 1 atom stereocenters. The number of ether oxygens (including phenoxy) is 2. The molecule has 7 nitrogen and oxygen atoms in total. The molecule has 1 aliphatic rings. The summed E-state index contributed by atoms with van der Waals surface area (Å²) in [6.07, 6.45) is 0.688. The minimum absolute atomic E-state index is 0.0867. The second kappa shape index (κ2) is 8.57. The van der Waals surface area contributed by atoms with E-state index in [1.54, 1.807) is 30.3 Å². The maximum atomic E-state index is 14.1. The van der Waals surface area contributed by atoms with Crippen LogP contribution in [0.25, 0.3) is 0 Å². The smallest absolute Gasteiger partial charge is 0.417 e. The van der Waals surface area contributed by atoms with Crippen molar-refractivity contribution in [3.05, 3.63) is 59.4 Å². The molecule has 3 rings (SSSR count). The third-order valence-electron chi connectivity index (χ3n) is 4.05. The average molecular weight is 439 g/mol. The van der Waals surface area contributed by atoms with Crippen molar-refractivity contribution in [3.63, 3.8) is 0 Å². The fourth-order valence-electron chi connectivity index (χ4n) is 2.69. The molecule has 1 unspecified atom stereocenters. The number of nitrogens with zero attached hydrogens (tertiary/aromatic N) is 1. The van der Waals surface area contributed by atoms with E-state index in [9.17, 15) is 22.8 Å². The normalized spacial score (nSPS) is 17.5. The largest absolute Gasteiger partial charge is 0.475 e. The third kappa shape index (κ3) is 4.79. The van der Waals surface area contributed by atoms with E-state index < -0.39 is 42.2 Å². The highest BCUT2D eigenvalue weighted by molar-refractivity contribution is 7.11. The van der Waals surface area contributed by atoms with Crippen LogP contribution in [0.5, 0.6) is 11.6 Å². The zero-order chi connectivity index (χ0) is 21.9. The van der Waals surface area contributed by atoms with Crippen molar-refractivity contribution >= 4 is 28.5 Å². The minimum Gasteiger partial charge on any atom is -0.475 e. The number of nitrogens with one attached hydrogen (secondary N) is 1. The zero-order valence-electron chi connectivity index (χ0n) is 15.5. The highest BCUT2D eigenvalue weighted by atomic mass is 32.1. The van der Waals surface area contributed by atoms with Gasteiger partial charge in [-0.1, -0.05) is 18.2 Å². The van der Waals surface area contributed by atoms with Crippen LogP contribution in [-0.4, -0.2) is 28.9 Å². The standard InChI is InChI=1S/C19H16F3N3O4S/c1-10-7-13(20)12(19(21,22)8-10)9-28-16-14(15(23)26)17(30-25-16)24-18(27)29-11-5-3-2-4-6-11/h2-8,12H,9H2,1H3,(H2,23,26)(H,24,27). The second-order valence-corrected chi connectivity index (χ2v) is 7.11. The van der Waals surface area contributed by atoms with E-state index in [1.165, 1.54) is 6.92 Å². The molecule has 0 saturated carbocycles. The van der Waals surface area contributed by atoms with Crippen LogP contribution in [0.15, 0.2) is 53.9 Å². The van der Waals surface area contributed by atoms with Crippen molar-refractivity contribution in [2.24, 2.45) is 11.7 Å². The molecular formula is C19H16F3N3O4S. The van der Waals surface area contributed by atoms with Crippen molar-refractivity contribution in [1.29, 1.82) is 0 Å². The van der Waals surface area contributed by atoms with Gasteiger partial charge < -0.3 is 15.2 Å². The lowest BCUT2D eigenvalue weighted by atomic mass is 9.93. The number of primary amides is 1. The Labute approximate surface area is 173 Å². The summed E-state index contributed by atoms with van der Waals surface area (Å²) >= 11 is 0.636. The number of anilines is 1. The van der Waals surface area contributed by atoms with Gasteiger partial charge in [0.1, 0.15) is 34.7 Å². The number of carbonyl (C=O) groups excluding carboxylic acids is 2. The summed E-state index contributed by atoms with van der Waals surface area (Å²) in [5.74, 6) is -7.58. The Balaban J connectivity index is 1.72. The maximum absolute atomic E-state index is 14.1. The second-order valence-electron chi connectivity index (χ2n) is 6.34. The first kappa shape index (κ1) is 21.4. The number of hydrogen-bond acceptors (Lipinski definition) is 6. The van der Waals surface area contributed by atoms with Crippen molar-refractivity contribution in [2.45, 2.75) is 12.8 Å². The quantitative estimate of drug-likeness (QED) is 0.699. The first-order chi connectivity index (χ1) is 14.2. The van der Waals surface area contributed by atoms with E-state index in [1.807, 2.05) is 0 Å². The molecule has 2 amide bonds. The summed E-state index contributed by atoms with van der Waals surface area (Å²) in [5.41, 5.74) is 5.06. The van der Waals surface area contributed by atoms with Crippen molar-refractivity contribution < 1.29 is 32.2 Å². The Bertz CT molecular complexity index is 1020. The Morgan fingerprint density at radius 2 is 2.00 bits per heavy atom. The Kier molecular flexibility index (Phi) is 6.11. The molecule has 3 N–H and O–H groups in total. The molecule has 0 aliphatic heterocycles. The van der Waals surface area contributed by atoms with E-state index in [0.29, 0.717) is 17.6 Å². The van der Waals surface area contributed by atoms with Gasteiger partial charge in [0.05, 0.1) is 0 Å². The lowest BCUT2D eigenvalue weighted by Crippen LogP contribution is -2.34. The molecular weight excluding hydrogens is 423 g/mol. The van der Waals surface area contributed by atoms with Crippen LogP contribution >= 0.6 is 11.5 Å². The van der Waals surface area contributed by atoms with Gasteiger partial charge in [0.25, 0.3) is 11.8 Å². The van der Waals surface area contributed by atoms with E-state index in [0.717, 1.165) is 6.08 Å². The molecule has 30 heavy (non-hydrogen) atoms. The van der Waals surface area contributed by atoms with Gasteiger partial charge in [0.2, 0.25) is 5.88 Å². The van der Waals surface area contributed by atoms with Gasteiger partial charge in [-0.05, 0) is 48.3 Å². The first-order valence-corrected chi connectivity index (χ1v) is 9.35. The Hall–Kier alpha value is -3.34. The number of allylic oxidation sites excluding steroid dienone is 3. The molecule has 0 saturated heterocycles. The summed E-state index contributed by atoms with van der Waals surface area (Å²) in [7, 11) is 0. The minimum atomic E-state index is -3.48. The number of benzene rings is 1. The van der Waals surface area contributed by atoms with E-state index in [4.69, 9.17) is 15.2 Å². The number of halogens is 3. The molecule has 0 radical (unpaired) electrons. The van der Waals surface area contributed by atoms with Gasteiger partial charge >= 0.3 is 6.09 Å². The van der Waals surface area contributed by atoms with Crippen molar-refractivity contribution in [3.8, 4) is 11.6 Å². The Morgan fingerprint density at radius 1 is 1.30 bits per heavy atom. The fraction of sp³-hybridized carbons (Fsp3) is 0.211. The van der Waals surface area contributed by atoms with Crippen molar-refractivity contribution in [2.75, 3.05) is 11.9 Å². The number of para-hydroxylation sites is 1. The number of alkyl halides is 2. The topological polar surface area (TPSA) is 104 Å². The van der Waals surface area contributed by atoms with Crippen LogP contribution in [0.1, 0.15) is 17.3 Å². The molecule has 1 aromatic carbocycles. The number of amides is 2. The lowest BCUT2D eigenvalue weighted by Gasteiger charge is -2.26. The summed E-state index contributed by atoms with van der Waals surface area (Å²) in [6, 6.07) is 8.12. The molecule has 0 fully saturated rings. The van der Waals surface area contributed by atoms with Gasteiger partial charge in [-0.2, -0.15) is 4.37 Å². The monoisotopic (exact) mass is 439 g/mol. The molecule has 11 heteroatoms. The number of carbonyl (C=O) groups is 2. The SMILES string of the molecule is CC1=CC(F)(F)C(COc2nsc(NC(=O)Oc3ccccc3)c2C(N)=O)C(F)=C1. The zero-order valence-corrected chi connectivity index (χ0v) is 16.3. The predicted octanol–water partition coefficient (Wildman–Crippen LogP) is 4.30. The third-order valence-corrected chi connectivity index (χ3v) is 4.79. The van der Waals surface area contributed by atoms with Gasteiger partial charge in [0, 0.05) is 0 Å². The van der Waals surface area contributed by atoms with Crippen LogP contribution in [-0.2, 0) is 0 Å². The molecule has 1 aromatic heterocycles. The number of aromatic nitrogens is 1. The lowest BCUT2D eigenvalue weighted by molar-refractivity contribution is -0.0229. The predicted molar refractivity (Wildman–Crippen MR) is 104 cm³/mol. The summed E-state index contributed by atoms with van der Waals surface area (Å²) in [6.45, 7) is 0.555. The van der Waals surface area contributed by atoms with Gasteiger partial charge in [-0.15, -0.1) is 0 Å². The first-order valence-electron chi connectivity index (χ1n) is 8.58. The molecule has 1 aliphatic carbocycles. The molecule has 158 valence electrons. The van der Waals surface area contributed by atoms with E-state index in [-0.39, 0.29) is 21.9 Å². The summed E-state index contributed by atoms with van der Waals surface area (Å²) in [5, 5.41) is 2.20. The molecule has 1 heterocycles. The number of rotatable bonds is 6.